The molecule has 0 atom stereocenters. The van der Waals surface area contributed by atoms with Gasteiger partial charge in [-0.05, 0) is 37.1 Å². The maximum atomic E-state index is 12.7. The predicted octanol–water partition coefficient (Wildman–Crippen LogP) is 4.49. The van der Waals surface area contributed by atoms with E-state index in [0.29, 0.717) is 28.9 Å². The van der Waals surface area contributed by atoms with Crippen molar-refractivity contribution in [2.24, 2.45) is 0 Å². The van der Waals surface area contributed by atoms with Gasteiger partial charge in [0.1, 0.15) is 22.9 Å². The maximum absolute atomic E-state index is 12.7. The minimum Gasteiger partial charge on any atom is -0.496 e. The molecule has 0 unspecified atom stereocenters. The first-order valence-electron chi connectivity index (χ1n) is 9.46. The third kappa shape index (κ3) is 4.90. The van der Waals surface area contributed by atoms with Gasteiger partial charge in [-0.25, -0.2) is 4.98 Å². The van der Waals surface area contributed by atoms with E-state index in [-0.39, 0.29) is 5.91 Å². The molecule has 0 spiro atoms. The number of hydrogen-bond donors (Lipinski definition) is 2. The van der Waals surface area contributed by atoms with Crippen molar-refractivity contribution in [1.82, 2.24) is 4.98 Å². The second-order valence-electron chi connectivity index (χ2n) is 6.76. The highest BCUT2D eigenvalue weighted by Crippen LogP contribution is 2.29. The first-order valence-corrected chi connectivity index (χ1v) is 9.46. The van der Waals surface area contributed by atoms with Gasteiger partial charge in [0.15, 0.2) is 0 Å². The van der Waals surface area contributed by atoms with Gasteiger partial charge < -0.3 is 20.1 Å². The van der Waals surface area contributed by atoms with Crippen molar-refractivity contribution in [2.45, 2.75) is 44.6 Å². The Morgan fingerprint density at radius 2 is 1.67 bits per heavy atom. The van der Waals surface area contributed by atoms with Crippen molar-refractivity contribution in [3.8, 4) is 11.5 Å². The van der Waals surface area contributed by atoms with Gasteiger partial charge in [0, 0.05) is 6.04 Å². The number of benzene rings is 1. The number of hydrogen-bond acceptors (Lipinski definition) is 5. The summed E-state index contributed by atoms with van der Waals surface area (Å²) in [5.41, 5.74) is 1.33. The fraction of sp³-hybridized carbons (Fsp3) is 0.429. The van der Waals surface area contributed by atoms with Crippen LogP contribution in [0.1, 0.15) is 48.9 Å². The molecule has 2 N–H and O–H groups in total. The zero-order chi connectivity index (χ0) is 19.1. The Kier molecular flexibility index (Phi) is 6.52. The maximum Gasteiger partial charge on any atom is 0.264 e. The van der Waals surface area contributed by atoms with Crippen molar-refractivity contribution >= 4 is 17.4 Å². The molecule has 3 rings (SSSR count). The Labute approximate surface area is 160 Å². The van der Waals surface area contributed by atoms with Gasteiger partial charge in [-0.3, -0.25) is 4.79 Å². The third-order valence-corrected chi connectivity index (χ3v) is 4.89. The van der Waals surface area contributed by atoms with Gasteiger partial charge in [0.25, 0.3) is 5.91 Å². The molecular formula is C21H27N3O3. The van der Waals surface area contributed by atoms with E-state index in [1.807, 2.05) is 6.07 Å². The molecule has 27 heavy (non-hydrogen) atoms. The van der Waals surface area contributed by atoms with Crippen molar-refractivity contribution in [2.75, 3.05) is 24.9 Å². The lowest BCUT2D eigenvalue weighted by atomic mass is 10.1. The first-order chi connectivity index (χ1) is 13.2. The average Bonchev–Trinajstić information content (AvgIpc) is 2.97. The monoisotopic (exact) mass is 369 g/mol. The van der Waals surface area contributed by atoms with Crippen molar-refractivity contribution in [3.63, 3.8) is 0 Å². The summed E-state index contributed by atoms with van der Waals surface area (Å²) in [6.45, 7) is 0. The van der Waals surface area contributed by atoms with Crippen LogP contribution in [-0.4, -0.2) is 31.2 Å². The number of carbonyl (C=O) groups excluding carboxylic acids is 1. The highest BCUT2D eigenvalue weighted by Gasteiger charge is 2.19. The van der Waals surface area contributed by atoms with Crippen LogP contribution in [0.4, 0.5) is 11.5 Å². The Morgan fingerprint density at radius 3 is 2.22 bits per heavy atom. The molecule has 2 aromatic rings. The van der Waals surface area contributed by atoms with E-state index < -0.39 is 0 Å². The molecule has 1 fully saturated rings. The fourth-order valence-corrected chi connectivity index (χ4v) is 3.47. The zero-order valence-corrected chi connectivity index (χ0v) is 16.0. The molecule has 6 heteroatoms. The summed E-state index contributed by atoms with van der Waals surface area (Å²) >= 11 is 0. The number of carbonyl (C=O) groups is 1. The number of rotatable bonds is 6. The lowest BCUT2D eigenvalue weighted by molar-refractivity contribution is 0.102. The van der Waals surface area contributed by atoms with Crippen LogP contribution in [0.2, 0.25) is 0 Å². The van der Waals surface area contributed by atoms with E-state index in [4.69, 9.17) is 9.47 Å². The number of pyridine rings is 1. The minimum atomic E-state index is -0.318. The molecule has 1 saturated carbocycles. The Balaban J connectivity index is 1.67. The number of aromatic nitrogens is 1. The van der Waals surface area contributed by atoms with Crippen LogP contribution in [0.3, 0.4) is 0 Å². The summed E-state index contributed by atoms with van der Waals surface area (Å²) in [7, 11) is 3.05. The molecule has 0 saturated heterocycles. The van der Waals surface area contributed by atoms with Crippen molar-refractivity contribution in [1.29, 1.82) is 0 Å². The van der Waals surface area contributed by atoms with Gasteiger partial charge in [-0.2, -0.15) is 0 Å². The van der Waals surface area contributed by atoms with Crippen LogP contribution < -0.4 is 20.1 Å². The van der Waals surface area contributed by atoms with Gasteiger partial charge >= 0.3 is 0 Å². The van der Waals surface area contributed by atoms with E-state index in [9.17, 15) is 4.79 Å². The van der Waals surface area contributed by atoms with Gasteiger partial charge in [0.05, 0.1) is 26.1 Å². The van der Waals surface area contributed by atoms with Crippen LogP contribution in [0.5, 0.6) is 11.5 Å². The van der Waals surface area contributed by atoms with E-state index in [1.54, 1.807) is 30.5 Å². The van der Waals surface area contributed by atoms with E-state index in [2.05, 4.69) is 15.6 Å². The second kappa shape index (κ2) is 9.26. The Morgan fingerprint density at radius 1 is 1.00 bits per heavy atom. The number of nitrogens with zero attached hydrogens (tertiary/aromatic N) is 1. The van der Waals surface area contributed by atoms with Gasteiger partial charge in [-0.1, -0.05) is 31.7 Å². The Bertz CT molecular complexity index is 732. The molecule has 1 amide bonds. The molecule has 144 valence electrons. The van der Waals surface area contributed by atoms with E-state index in [1.165, 1.54) is 52.7 Å². The van der Waals surface area contributed by atoms with Crippen molar-refractivity contribution < 1.29 is 14.3 Å². The SMILES string of the molecule is COc1cccc(OC)c1C(=O)Nc1ccc(NC2CCCCCC2)cn1. The topological polar surface area (TPSA) is 72.5 Å². The smallest absolute Gasteiger partial charge is 0.264 e. The van der Waals surface area contributed by atoms with Crippen LogP contribution in [-0.2, 0) is 0 Å². The predicted molar refractivity (Wildman–Crippen MR) is 107 cm³/mol. The number of methoxy groups -OCH3 is 2. The molecule has 6 nitrogen and oxygen atoms in total. The second-order valence-corrected chi connectivity index (χ2v) is 6.76. The summed E-state index contributed by atoms with van der Waals surface area (Å²) in [4.78, 5) is 17.1. The molecule has 1 heterocycles. The number of amides is 1. The summed E-state index contributed by atoms with van der Waals surface area (Å²) in [6.07, 6.45) is 9.37. The molecule has 0 aliphatic heterocycles. The quantitative estimate of drug-likeness (QED) is 0.734. The number of ether oxygens (including phenoxy) is 2. The molecule has 1 aliphatic carbocycles. The van der Waals surface area contributed by atoms with E-state index in [0.717, 1.165) is 5.69 Å². The van der Waals surface area contributed by atoms with Gasteiger partial charge in [-0.15, -0.1) is 0 Å². The molecule has 1 aliphatic rings. The third-order valence-electron chi connectivity index (χ3n) is 4.89. The lowest BCUT2D eigenvalue weighted by Gasteiger charge is -2.17. The van der Waals surface area contributed by atoms with Gasteiger partial charge in [0.2, 0.25) is 0 Å². The Hall–Kier alpha value is -2.76. The number of nitrogens with one attached hydrogen (secondary N) is 2. The summed E-state index contributed by atoms with van der Waals surface area (Å²) in [5.74, 6) is 1.08. The van der Waals surface area contributed by atoms with E-state index >= 15 is 0 Å². The normalized spacial score (nSPS) is 14.9. The largest absolute Gasteiger partial charge is 0.496 e. The van der Waals surface area contributed by atoms with Crippen LogP contribution in [0.15, 0.2) is 36.5 Å². The molecule has 0 radical (unpaired) electrons. The summed E-state index contributed by atoms with van der Waals surface area (Å²) in [6, 6.07) is 9.49. The average molecular weight is 369 g/mol. The van der Waals surface area contributed by atoms with Crippen LogP contribution >= 0.6 is 0 Å². The minimum absolute atomic E-state index is 0.318. The highest BCUT2D eigenvalue weighted by molar-refractivity contribution is 6.07. The fourth-order valence-electron chi connectivity index (χ4n) is 3.47. The molecule has 1 aromatic heterocycles. The highest BCUT2D eigenvalue weighted by atomic mass is 16.5. The lowest BCUT2D eigenvalue weighted by Crippen LogP contribution is -2.18. The standard InChI is InChI=1S/C21H27N3O3/c1-26-17-10-7-11-18(27-2)20(17)21(25)24-19-13-12-16(14-22-19)23-15-8-5-3-4-6-9-15/h7,10-15,23H,3-6,8-9H2,1-2H3,(H,22,24,25). The summed E-state index contributed by atoms with van der Waals surface area (Å²) in [5, 5.41) is 6.37. The molecule has 0 bridgehead atoms. The summed E-state index contributed by atoms with van der Waals surface area (Å²) < 4.78 is 10.6. The van der Waals surface area contributed by atoms with Crippen LogP contribution in [0.25, 0.3) is 0 Å². The molecular weight excluding hydrogens is 342 g/mol. The molecule has 1 aromatic carbocycles. The first kappa shape index (κ1) is 19.0. The number of anilines is 2. The van der Waals surface area contributed by atoms with Crippen LogP contribution in [0, 0.1) is 0 Å². The van der Waals surface area contributed by atoms with Crippen molar-refractivity contribution in [3.05, 3.63) is 42.1 Å². The zero-order valence-electron chi connectivity index (χ0n) is 16.0.